The Morgan fingerprint density at radius 2 is 1.90 bits per heavy atom. The summed E-state index contributed by atoms with van der Waals surface area (Å²) in [4.78, 5) is 26.9. The number of carbonyl (C=O) groups excluding carboxylic acids is 1. The molecule has 0 saturated carbocycles. The van der Waals surface area contributed by atoms with Crippen molar-refractivity contribution in [1.82, 2.24) is 14.9 Å². The van der Waals surface area contributed by atoms with E-state index in [1.54, 1.807) is 6.33 Å². The van der Waals surface area contributed by atoms with Crippen molar-refractivity contribution in [1.29, 1.82) is 0 Å². The first kappa shape index (κ1) is 22.4. The van der Waals surface area contributed by atoms with Gasteiger partial charge in [0.05, 0.1) is 11.6 Å². The average Bonchev–Trinajstić information content (AvgIpc) is 3.13. The van der Waals surface area contributed by atoms with Crippen LogP contribution in [0.1, 0.15) is 55.2 Å². The molecule has 6 nitrogen and oxygen atoms in total. The van der Waals surface area contributed by atoms with Crippen molar-refractivity contribution in [3.8, 4) is 0 Å². The second-order valence-electron chi connectivity index (χ2n) is 9.12. The Labute approximate surface area is 193 Å². The van der Waals surface area contributed by atoms with Gasteiger partial charge in [-0.2, -0.15) is 0 Å². The van der Waals surface area contributed by atoms with Crippen LogP contribution in [0.15, 0.2) is 30.6 Å². The van der Waals surface area contributed by atoms with Crippen molar-refractivity contribution < 1.29 is 4.79 Å². The predicted octanol–water partition coefficient (Wildman–Crippen LogP) is 4.00. The number of nitrogens with two attached hydrogens (primary N) is 1. The largest absolute Gasteiger partial charge is 0.353 e. The van der Waals surface area contributed by atoms with Gasteiger partial charge >= 0.3 is 0 Å². The van der Waals surface area contributed by atoms with Gasteiger partial charge < -0.3 is 15.5 Å². The molecule has 1 unspecified atom stereocenters. The van der Waals surface area contributed by atoms with Crippen molar-refractivity contribution in [2.45, 2.75) is 49.7 Å². The van der Waals surface area contributed by atoms with E-state index in [4.69, 9.17) is 17.3 Å². The zero-order chi connectivity index (χ0) is 22.2. The fraction of sp³-hybridized carbons (Fsp3) is 0.522. The molecule has 2 atom stereocenters. The lowest BCUT2D eigenvalue weighted by atomic mass is 9.85. The van der Waals surface area contributed by atoms with Gasteiger partial charge in [0, 0.05) is 53.3 Å². The van der Waals surface area contributed by atoms with E-state index in [0.717, 1.165) is 35.9 Å². The van der Waals surface area contributed by atoms with Crippen LogP contribution < -0.4 is 10.6 Å². The zero-order valence-electron chi connectivity index (χ0n) is 18.3. The van der Waals surface area contributed by atoms with E-state index in [1.807, 2.05) is 54.8 Å². The van der Waals surface area contributed by atoms with Gasteiger partial charge in [-0.1, -0.05) is 23.7 Å². The molecule has 166 valence electrons. The molecule has 1 saturated heterocycles. The topological polar surface area (TPSA) is 75.4 Å². The minimum atomic E-state index is -0.447. The van der Waals surface area contributed by atoms with Gasteiger partial charge in [0.25, 0.3) is 0 Å². The zero-order valence-corrected chi connectivity index (χ0v) is 19.9. The summed E-state index contributed by atoms with van der Waals surface area (Å²) < 4.78 is 0. The molecule has 1 aromatic carbocycles. The number of fused-ring (bicyclic) bond motifs is 1. The third-order valence-corrected chi connectivity index (χ3v) is 7.44. The Balaban J connectivity index is 1.49. The maximum atomic E-state index is 13.5. The molecule has 2 N–H and O–H groups in total. The maximum Gasteiger partial charge on any atom is 0.230 e. The SMILES string of the molecule is C[C@H]1SCc2ncnc(N3CCN(C(=O)C(CC(C)(C)N)c4ccc(Cl)cc4)CC3)c21. The van der Waals surface area contributed by atoms with Crippen molar-refractivity contribution in [2.24, 2.45) is 5.73 Å². The smallest absolute Gasteiger partial charge is 0.230 e. The number of thioether (sulfide) groups is 1. The lowest BCUT2D eigenvalue weighted by molar-refractivity contribution is -0.133. The van der Waals surface area contributed by atoms with Crippen molar-refractivity contribution in [3.05, 3.63) is 52.4 Å². The minimum absolute atomic E-state index is 0.136. The first-order chi connectivity index (χ1) is 14.7. The van der Waals surface area contributed by atoms with Crippen LogP contribution in [0.4, 0.5) is 5.82 Å². The lowest BCUT2D eigenvalue weighted by Crippen LogP contribution is -2.51. The van der Waals surface area contributed by atoms with E-state index < -0.39 is 5.54 Å². The van der Waals surface area contributed by atoms with Crippen molar-refractivity contribution in [3.63, 3.8) is 0 Å². The molecule has 2 aliphatic heterocycles. The van der Waals surface area contributed by atoms with E-state index in [9.17, 15) is 4.79 Å². The molecule has 4 rings (SSSR count). The molecule has 0 radical (unpaired) electrons. The Morgan fingerprint density at radius 1 is 1.23 bits per heavy atom. The first-order valence-corrected chi connectivity index (χ1v) is 12.2. The standard InChI is InChI=1S/C23H30ClN5OS/c1-15-20-19(13-31-15)26-14-27-21(20)28-8-10-29(11-9-28)22(30)18(12-23(2,3)25)16-4-6-17(24)7-5-16/h4-7,14-15,18H,8-13,25H2,1-3H3/t15-,18?/m1/s1. The van der Waals surface area contributed by atoms with Crippen LogP contribution in [0.25, 0.3) is 0 Å². The fourth-order valence-corrected chi connectivity index (χ4v) is 5.59. The average molecular weight is 460 g/mol. The molecule has 0 bridgehead atoms. The number of carbonyl (C=O) groups is 1. The second kappa shape index (κ2) is 8.96. The number of amides is 1. The quantitative estimate of drug-likeness (QED) is 0.728. The number of aromatic nitrogens is 2. The molecule has 0 spiro atoms. The molecule has 2 aliphatic rings. The minimum Gasteiger partial charge on any atom is -0.353 e. The molecule has 8 heteroatoms. The number of piperazine rings is 1. The summed E-state index contributed by atoms with van der Waals surface area (Å²) in [6.07, 6.45) is 2.26. The van der Waals surface area contributed by atoms with Crippen molar-refractivity contribution in [2.75, 3.05) is 31.1 Å². The molecule has 1 amide bonds. The van der Waals surface area contributed by atoms with E-state index >= 15 is 0 Å². The third kappa shape index (κ3) is 4.99. The van der Waals surface area contributed by atoms with Crippen LogP contribution >= 0.6 is 23.4 Å². The van der Waals surface area contributed by atoms with Gasteiger partial charge in [-0.25, -0.2) is 9.97 Å². The molecule has 3 heterocycles. The Hall–Kier alpha value is -1.83. The molecule has 1 fully saturated rings. The van der Waals surface area contributed by atoms with Gasteiger partial charge in [0.1, 0.15) is 12.1 Å². The predicted molar refractivity (Wildman–Crippen MR) is 128 cm³/mol. The first-order valence-electron chi connectivity index (χ1n) is 10.8. The Bertz CT molecular complexity index is 938. The Morgan fingerprint density at radius 3 is 2.55 bits per heavy atom. The highest BCUT2D eigenvalue weighted by Gasteiger charge is 2.34. The fourth-order valence-electron chi connectivity index (χ4n) is 4.42. The highest BCUT2D eigenvalue weighted by atomic mass is 35.5. The number of rotatable bonds is 5. The highest BCUT2D eigenvalue weighted by molar-refractivity contribution is 7.99. The number of halogens is 1. The van der Waals surface area contributed by atoms with Crippen LogP contribution in [0.2, 0.25) is 5.02 Å². The van der Waals surface area contributed by atoms with Crippen LogP contribution in [-0.2, 0) is 10.5 Å². The second-order valence-corrected chi connectivity index (χ2v) is 10.9. The monoisotopic (exact) mass is 459 g/mol. The van der Waals surface area contributed by atoms with Gasteiger partial charge in [0.2, 0.25) is 5.91 Å². The number of benzene rings is 1. The molecular formula is C23H30ClN5OS. The van der Waals surface area contributed by atoms with Crippen molar-refractivity contribution >= 4 is 35.1 Å². The summed E-state index contributed by atoms with van der Waals surface area (Å²) >= 11 is 7.97. The number of anilines is 1. The number of hydrogen-bond acceptors (Lipinski definition) is 6. The van der Waals surface area contributed by atoms with Crippen LogP contribution in [0.3, 0.4) is 0 Å². The summed E-state index contributed by atoms with van der Waals surface area (Å²) in [5, 5.41) is 1.08. The van der Waals surface area contributed by atoms with E-state index in [2.05, 4.69) is 21.8 Å². The lowest BCUT2D eigenvalue weighted by Gasteiger charge is -2.38. The highest BCUT2D eigenvalue weighted by Crippen LogP contribution is 2.44. The van der Waals surface area contributed by atoms with Crippen LogP contribution in [-0.4, -0.2) is 52.5 Å². The molecular weight excluding hydrogens is 430 g/mol. The van der Waals surface area contributed by atoms with E-state index in [-0.39, 0.29) is 11.8 Å². The van der Waals surface area contributed by atoms with Crippen LogP contribution in [0.5, 0.6) is 0 Å². The van der Waals surface area contributed by atoms with Gasteiger partial charge in [0.15, 0.2) is 0 Å². The van der Waals surface area contributed by atoms with Gasteiger partial charge in [-0.05, 0) is 44.9 Å². The van der Waals surface area contributed by atoms with Gasteiger partial charge in [-0.15, -0.1) is 11.8 Å². The summed E-state index contributed by atoms with van der Waals surface area (Å²) in [7, 11) is 0. The number of nitrogens with zero attached hydrogens (tertiary/aromatic N) is 4. The molecule has 31 heavy (non-hydrogen) atoms. The normalized spacial score (nSPS) is 20.0. The van der Waals surface area contributed by atoms with E-state index in [0.29, 0.717) is 29.8 Å². The molecule has 0 aliphatic carbocycles. The Kier molecular flexibility index (Phi) is 6.47. The summed E-state index contributed by atoms with van der Waals surface area (Å²) in [6.45, 7) is 9.04. The molecule has 2 aromatic rings. The summed E-state index contributed by atoms with van der Waals surface area (Å²) in [5.41, 5.74) is 9.24. The summed E-state index contributed by atoms with van der Waals surface area (Å²) in [6, 6.07) is 7.56. The van der Waals surface area contributed by atoms with Crippen LogP contribution in [0, 0.1) is 0 Å². The van der Waals surface area contributed by atoms with E-state index in [1.165, 1.54) is 5.56 Å². The molecule has 1 aromatic heterocycles. The van der Waals surface area contributed by atoms with Gasteiger partial charge in [-0.3, -0.25) is 4.79 Å². The maximum absolute atomic E-state index is 13.5. The number of hydrogen-bond donors (Lipinski definition) is 1. The summed E-state index contributed by atoms with van der Waals surface area (Å²) in [5.74, 6) is 1.84. The third-order valence-electron chi connectivity index (χ3n) is 6.01.